The zero-order valence-corrected chi connectivity index (χ0v) is 17.9. The number of pyridine rings is 1. The van der Waals surface area contributed by atoms with E-state index in [4.69, 9.17) is 0 Å². The lowest BCUT2D eigenvalue weighted by Crippen LogP contribution is -2.39. The summed E-state index contributed by atoms with van der Waals surface area (Å²) in [5, 5.41) is 4.12. The van der Waals surface area contributed by atoms with Crippen molar-refractivity contribution < 1.29 is 18.0 Å². The first-order valence-corrected chi connectivity index (χ1v) is 10.4. The van der Waals surface area contributed by atoms with Gasteiger partial charge in [0.2, 0.25) is 5.91 Å². The number of imidazole rings is 1. The molecule has 0 saturated carbocycles. The molecule has 1 saturated heterocycles. The molecule has 0 N–H and O–H groups in total. The summed E-state index contributed by atoms with van der Waals surface area (Å²) in [5.41, 5.74) is 0.412. The van der Waals surface area contributed by atoms with Gasteiger partial charge in [-0.05, 0) is 25.0 Å². The van der Waals surface area contributed by atoms with Gasteiger partial charge in [-0.15, -0.1) is 0 Å². The van der Waals surface area contributed by atoms with Crippen LogP contribution < -0.4 is 5.69 Å². The van der Waals surface area contributed by atoms with Crippen LogP contribution in [0, 0.1) is 0 Å². The van der Waals surface area contributed by atoms with Gasteiger partial charge in [0.05, 0.1) is 29.0 Å². The zero-order valence-electron chi connectivity index (χ0n) is 17.9. The molecular weight excluding hydrogens is 439 g/mol. The number of alkyl halides is 3. The third kappa shape index (κ3) is 3.45. The minimum absolute atomic E-state index is 0.00496. The summed E-state index contributed by atoms with van der Waals surface area (Å²) in [4.78, 5) is 35.3. The number of aryl methyl sites for hydroxylation is 1. The molecule has 1 amide bonds. The van der Waals surface area contributed by atoms with Crippen molar-refractivity contribution in [2.24, 2.45) is 7.05 Å². The molecule has 33 heavy (non-hydrogen) atoms. The van der Waals surface area contributed by atoms with E-state index in [1.165, 1.54) is 34.6 Å². The van der Waals surface area contributed by atoms with E-state index >= 15 is 0 Å². The summed E-state index contributed by atoms with van der Waals surface area (Å²) in [6.45, 7) is 2.59. The monoisotopic (exact) mass is 459 g/mol. The average Bonchev–Trinajstić information content (AvgIpc) is 3.31. The van der Waals surface area contributed by atoms with Gasteiger partial charge in [0, 0.05) is 39.3 Å². The Bertz CT molecular complexity index is 1440. The number of carbonyl (C=O) groups excluding carboxylic acids is 1. The minimum Gasteiger partial charge on any atom is -0.343 e. The molecule has 0 aliphatic carbocycles. The highest BCUT2D eigenvalue weighted by Gasteiger charge is 2.31. The van der Waals surface area contributed by atoms with E-state index in [0.717, 1.165) is 12.1 Å². The first-order chi connectivity index (χ1) is 15.6. The Morgan fingerprint density at radius 1 is 1.15 bits per heavy atom. The number of piperidine rings is 1. The van der Waals surface area contributed by atoms with Crippen LogP contribution in [0.2, 0.25) is 0 Å². The summed E-state index contributed by atoms with van der Waals surface area (Å²) in [6, 6.07) is 1.81. The van der Waals surface area contributed by atoms with Gasteiger partial charge in [0.1, 0.15) is 5.52 Å². The van der Waals surface area contributed by atoms with E-state index in [1.807, 2.05) is 0 Å². The predicted molar refractivity (Wildman–Crippen MR) is 112 cm³/mol. The Balaban J connectivity index is 1.61. The van der Waals surface area contributed by atoms with Gasteiger partial charge >= 0.3 is 11.9 Å². The Hall–Kier alpha value is -3.70. The number of rotatable bonds is 2. The molecule has 1 aliphatic rings. The molecule has 0 bridgehead atoms. The molecule has 0 spiro atoms. The molecule has 4 aromatic heterocycles. The SMILES string of the molecule is CC(=O)N1CCC(n2c(=O)n(C)c3cnc(-c4cnn5ccc(C(F)(F)F)cc45)nc32)CC1. The fraction of sp³-hybridized carbons (Fsp3) is 0.381. The van der Waals surface area contributed by atoms with E-state index < -0.39 is 11.7 Å². The number of hydrogen-bond donors (Lipinski definition) is 0. The van der Waals surface area contributed by atoms with Gasteiger partial charge in [-0.25, -0.2) is 19.3 Å². The van der Waals surface area contributed by atoms with Crippen molar-refractivity contribution in [3.05, 3.63) is 46.8 Å². The summed E-state index contributed by atoms with van der Waals surface area (Å²) in [6.07, 6.45) is 0.849. The van der Waals surface area contributed by atoms with Crippen molar-refractivity contribution in [2.45, 2.75) is 32.0 Å². The van der Waals surface area contributed by atoms with Crippen molar-refractivity contribution in [1.29, 1.82) is 0 Å². The third-order valence-electron chi connectivity index (χ3n) is 6.20. The molecule has 5 rings (SSSR count). The predicted octanol–water partition coefficient (Wildman–Crippen LogP) is 2.65. The maximum absolute atomic E-state index is 13.2. The maximum Gasteiger partial charge on any atom is 0.416 e. The topological polar surface area (TPSA) is 90.3 Å². The van der Waals surface area contributed by atoms with Crippen molar-refractivity contribution in [1.82, 2.24) is 33.6 Å². The molecule has 0 unspecified atom stereocenters. The number of aromatic nitrogens is 6. The van der Waals surface area contributed by atoms with Gasteiger partial charge in [0.15, 0.2) is 11.5 Å². The molecule has 0 atom stereocenters. The number of halogens is 3. The standard InChI is InChI=1S/C21H20F3N7O2/c1-12(32)29-6-4-14(5-7-29)31-19-17(28(2)20(31)33)11-25-18(27-19)15-10-26-30-8-3-13(9-16(15)30)21(22,23)24/h3,8-11,14H,4-7H2,1-2H3. The van der Waals surface area contributed by atoms with Crippen LogP contribution in [0.1, 0.15) is 31.4 Å². The lowest BCUT2D eigenvalue weighted by molar-refractivity contribution is -0.137. The van der Waals surface area contributed by atoms with Crippen LogP contribution in [-0.4, -0.2) is 52.6 Å². The molecule has 172 valence electrons. The highest BCUT2D eigenvalue weighted by atomic mass is 19.4. The lowest BCUT2D eigenvalue weighted by Gasteiger charge is -2.31. The van der Waals surface area contributed by atoms with Crippen molar-refractivity contribution >= 4 is 22.6 Å². The number of nitrogens with zero attached hydrogens (tertiary/aromatic N) is 7. The van der Waals surface area contributed by atoms with Gasteiger partial charge in [-0.2, -0.15) is 18.3 Å². The van der Waals surface area contributed by atoms with E-state index in [9.17, 15) is 22.8 Å². The molecule has 1 aliphatic heterocycles. The van der Waals surface area contributed by atoms with Crippen molar-refractivity contribution in [2.75, 3.05) is 13.1 Å². The summed E-state index contributed by atoms with van der Waals surface area (Å²) in [5.74, 6) is 0.173. The fourth-order valence-electron chi connectivity index (χ4n) is 4.36. The average molecular weight is 459 g/mol. The van der Waals surface area contributed by atoms with Crippen LogP contribution in [0.15, 0.2) is 35.5 Å². The van der Waals surface area contributed by atoms with E-state index in [2.05, 4.69) is 15.1 Å². The Morgan fingerprint density at radius 2 is 1.88 bits per heavy atom. The van der Waals surface area contributed by atoms with Gasteiger partial charge in [-0.1, -0.05) is 0 Å². The highest BCUT2D eigenvalue weighted by Crippen LogP contribution is 2.32. The molecule has 4 aromatic rings. The number of hydrogen-bond acceptors (Lipinski definition) is 5. The number of fused-ring (bicyclic) bond motifs is 2. The van der Waals surface area contributed by atoms with E-state index in [1.54, 1.807) is 16.5 Å². The maximum atomic E-state index is 13.2. The third-order valence-corrected chi connectivity index (χ3v) is 6.20. The van der Waals surface area contributed by atoms with Crippen LogP contribution in [0.3, 0.4) is 0 Å². The molecule has 5 heterocycles. The molecule has 12 heteroatoms. The smallest absolute Gasteiger partial charge is 0.343 e. The molecular formula is C21H20F3N7O2. The minimum atomic E-state index is -4.50. The number of likely N-dealkylation sites (tertiary alicyclic amines) is 1. The second-order valence-electron chi connectivity index (χ2n) is 8.15. The fourth-order valence-corrected chi connectivity index (χ4v) is 4.36. The number of carbonyl (C=O) groups is 1. The van der Waals surface area contributed by atoms with E-state index in [0.29, 0.717) is 42.7 Å². The first-order valence-electron chi connectivity index (χ1n) is 10.4. The van der Waals surface area contributed by atoms with Gasteiger partial charge < -0.3 is 4.90 Å². The van der Waals surface area contributed by atoms with Crippen LogP contribution >= 0.6 is 0 Å². The molecule has 9 nitrogen and oxygen atoms in total. The Morgan fingerprint density at radius 3 is 2.55 bits per heavy atom. The Kier molecular flexibility index (Phi) is 4.76. The lowest BCUT2D eigenvalue weighted by atomic mass is 10.0. The molecule has 1 fully saturated rings. The largest absolute Gasteiger partial charge is 0.416 e. The zero-order chi connectivity index (χ0) is 23.5. The second-order valence-corrected chi connectivity index (χ2v) is 8.15. The van der Waals surface area contributed by atoms with Crippen LogP contribution in [0.5, 0.6) is 0 Å². The summed E-state index contributed by atoms with van der Waals surface area (Å²) >= 11 is 0. The van der Waals surface area contributed by atoms with E-state index in [-0.39, 0.29) is 29.0 Å². The van der Waals surface area contributed by atoms with Crippen LogP contribution in [0.25, 0.3) is 28.1 Å². The van der Waals surface area contributed by atoms with Crippen molar-refractivity contribution in [3.63, 3.8) is 0 Å². The quantitative estimate of drug-likeness (QED) is 0.460. The normalized spacial score (nSPS) is 15.6. The summed E-state index contributed by atoms with van der Waals surface area (Å²) in [7, 11) is 1.62. The van der Waals surface area contributed by atoms with Crippen LogP contribution in [0.4, 0.5) is 13.2 Å². The highest BCUT2D eigenvalue weighted by molar-refractivity contribution is 5.80. The van der Waals surface area contributed by atoms with Crippen LogP contribution in [-0.2, 0) is 18.0 Å². The Labute approximate surface area is 185 Å². The van der Waals surface area contributed by atoms with Gasteiger partial charge in [0.25, 0.3) is 0 Å². The number of amides is 1. The molecule has 0 radical (unpaired) electrons. The first kappa shape index (κ1) is 21.2. The van der Waals surface area contributed by atoms with Crippen molar-refractivity contribution in [3.8, 4) is 11.4 Å². The van der Waals surface area contributed by atoms with Gasteiger partial charge in [-0.3, -0.25) is 13.9 Å². The summed E-state index contributed by atoms with van der Waals surface area (Å²) < 4.78 is 44.0. The second kappa shape index (κ2) is 7.42. The molecule has 0 aromatic carbocycles.